The van der Waals surface area contributed by atoms with Gasteiger partial charge in [0.15, 0.2) is 0 Å². The summed E-state index contributed by atoms with van der Waals surface area (Å²) in [5.74, 6) is 0.483. The number of aromatic nitrogens is 3. The highest BCUT2D eigenvalue weighted by Gasteiger charge is 2.30. The first-order chi connectivity index (χ1) is 12.0. The molecule has 0 bridgehead atoms. The molecule has 0 unspecified atom stereocenters. The first-order valence-corrected chi connectivity index (χ1v) is 7.84. The summed E-state index contributed by atoms with van der Waals surface area (Å²) >= 11 is 0. The van der Waals surface area contributed by atoms with Crippen molar-refractivity contribution in [3.8, 4) is 11.6 Å². The fourth-order valence-electron chi connectivity index (χ4n) is 2.97. The van der Waals surface area contributed by atoms with Gasteiger partial charge in [0.1, 0.15) is 12.0 Å². The third-order valence-corrected chi connectivity index (χ3v) is 4.22. The molecule has 3 aromatic rings. The zero-order valence-electron chi connectivity index (χ0n) is 13.2. The van der Waals surface area contributed by atoms with Gasteiger partial charge in [0.2, 0.25) is 5.89 Å². The summed E-state index contributed by atoms with van der Waals surface area (Å²) in [5, 5.41) is 4.48. The van der Waals surface area contributed by atoms with Crippen LogP contribution in [0.15, 0.2) is 47.2 Å². The van der Waals surface area contributed by atoms with Gasteiger partial charge in [-0.1, -0.05) is 12.1 Å². The fraction of sp³-hybridized carbons (Fsp3) is 0.294. The molecule has 5 nitrogen and oxygen atoms in total. The summed E-state index contributed by atoms with van der Waals surface area (Å²) in [5.41, 5.74) is 1.96. The Balaban J connectivity index is 1.46. The summed E-state index contributed by atoms with van der Waals surface area (Å²) in [6.45, 7) is 2.77. The lowest BCUT2D eigenvalue weighted by molar-refractivity contribution is -0.137. The minimum Gasteiger partial charge on any atom is -0.443 e. The molecule has 1 aromatic carbocycles. The lowest BCUT2D eigenvalue weighted by Crippen LogP contribution is -2.33. The van der Waals surface area contributed by atoms with E-state index in [1.54, 1.807) is 6.20 Å². The van der Waals surface area contributed by atoms with Crippen LogP contribution in [0.1, 0.15) is 16.8 Å². The predicted octanol–water partition coefficient (Wildman–Crippen LogP) is 3.57. The molecule has 0 saturated carbocycles. The quantitative estimate of drug-likeness (QED) is 0.726. The first kappa shape index (κ1) is 15.9. The lowest BCUT2D eigenvalue weighted by atomic mass is 10.1. The molecule has 8 heteroatoms. The van der Waals surface area contributed by atoms with E-state index in [-0.39, 0.29) is 0 Å². The number of benzene rings is 1. The van der Waals surface area contributed by atoms with E-state index >= 15 is 0 Å². The molecule has 0 amide bonds. The van der Waals surface area contributed by atoms with Crippen LogP contribution in [0.2, 0.25) is 0 Å². The monoisotopic (exact) mass is 348 g/mol. The Morgan fingerprint density at radius 2 is 1.92 bits per heavy atom. The van der Waals surface area contributed by atoms with E-state index in [0.717, 1.165) is 36.5 Å². The van der Waals surface area contributed by atoms with E-state index < -0.39 is 11.7 Å². The number of hydrogen-bond donors (Lipinski definition) is 0. The van der Waals surface area contributed by atoms with Crippen molar-refractivity contribution in [2.45, 2.75) is 25.8 Å². The van der Waals surface area contributed by atoms with Crippen LogP contribution in [-0.2, 0) is 25.8 Å². The summed E-state index contributed by atoms with van der Waals surface area (Å²) in [7, 11) is 0. The van der Waals surface area contributed by atoms with Crippen molar-refractivity contribution >= 4 is 0 Å². The molecule has 4 rings (SSSR count). The topological polar surface area (TPSA) is 47.1 Å². The van der Waals surface area contributed by atoms with Crippen molar-refractivity contribution in [3.63, 3.8) is 0 Å². The van der Waals surface area contributed by atoms with Crippen molar-refractivity contribution in [2.24, 2.45) is 0 Å². The molecular weight excluding hydrogens is 333 g/mol. The summed E-state index contributed by atoms with van der Waals surface area (Å²) in [6, 6.07) is 7.26. The Kier molecular flexibility index (Phi) is 3.84. The van der Waals surface area contributed by atoms with Crippen LogP contribution < -0.4 is 0 Å². The largest absolute Gasteiger partial charge is 0.443 e. The Hall–Kier alpha value is -2.61. The van der Waals surface area contributed by atoms with Crippen LogP contribution in [0.3, 0.4) is 0 Å². The van der Waals surface area contributed by atoms with Crippen molar-refractivity contribution in [2.75, 3.05) is 6.54 Å². The van der Waals surface area contributed by atoms with E-state index in [4.69, 9.17) is 4.42 Å². The van der Waals surface area contributed by atoms with Crippen molar-refractivity contribution < 1.29 is 17.6 Å². The number of fused-ring (bicyclic) bond motifs is 1. The molecule has 0 aliphatic carbocycles. The van der Waals surface area contributed by atoms with Gasteiger partial charge >= 0.3 is 6.18 Å². The van der Waals surface area contributed by atoms with Crippen LogP contribution in [0.4, 0.5) is 13.2 Å². The Labute approximate surface area is 141 Å². The minimum atomic E-state index is -4.30. The predicted molar refractivity (Wildman–Crippen MR) is 83.3 cm³/mol. The maximum atomic E-state index is 12.6. The SMILES string of the molecule is FC(F)(F)c1ccc(CN2CCn3nc(-c4ncco4)cc3C2)cc1. The van der Waals surface area contributed by atoms with E-state index in [1.165, 1.54) is 18.4 Å². The smallest absolute Gasteiger partial charge is 0.416 e. The van der Waals surface area contributed by atoms with Gasteiger partial charge in [-0.05, 0) is 23.8 Å². The van der Waals surface area contributed by atoms with E-state index in [9.17, 15) is 13.2 Å². The molecular formula is C17H15F3N4O. The van der Waals surface area contributed by atoms with Crippen LogP contribution in [0.5, 0.6) is 0 Å². The molecule has 0 radical (unpaired) electrons. The molecule has 0 saturated heterocycles. The average molecular weight is 348 g/mol. The number of nitrogens with zero attached hydrogens (tertiary/aromatic N) is 4. The number of halogens is 3. The second kappa shape index (κ2) is 6.03. The second-order valence-electron chi connectivity index (χ2n) is 5.99. The summed E-state index contributed by atoms with van der Waals surface area (Å²) < 4.78 is 45.1. The van der Waals surface area contributed by atoms with Crippen LogP contribution in [0, 0.1) is 0 Å². The third kappa shape index (κ3) is 3.30. The molecule has 2 aromatic heterocycles. The first-order valence-electron chi connectivity index (χ1n) is 7.84. The highest BCUT2D eigenvalue weighted by atomic mass is 19.4. The maximum absolute atomic E-state index is 12.6. The molecule has 0 fully saturated rings. The third-order valence-electron chi connectivity index (χ3n) is 4.22. The Bertz CT molecular complexity index is 853. The van der Waals surface area contributed by atoms with Gasteiger partial charge < -0.3 is 4.42 Å². The Morgan fingerprint density at radius 1 is 1.12 bits per heavy atom. The van der Waals surface area contributed by atoms with Gasteiger partial charge in [0, 0.05) is 19.6 Å². The zero-order chi connectivity index (χ0) is 17.4. The lowest BCUT2D eigenvalue weighted by Gasteiger charge is -2.27. The van der Waals surface area contributed by atoms with Gasteiger partial charge in [-0.15, -0.1) is 0 Å². The number of hydrogen-bond acceptors (Lipinski definition) is 4. The van der Waals surface area contributed by atoms with E-state index in [2.05, 4.69) is 15.0 Å². The van der Waals surface area contributed by atoms with Gasteiger partial charge in [0.25, 0.3) is 0 Å². The number of oxazole rings is 1. The standard InChI is InChI=1S/C17H15F3N4O/c18-17(19,20)13-3-1-12(2-4-13)10-23-6-7-24-14(11-23)9-15(22-24)16-21-5-8-25-16/h1-5,8-9H,6-7,10-11H2. The normalized spacial score (nSPS) is 15.3. The average Bonchev–Trinajstić information content (AvgIpc) is 3.23. The molecule has 0 N–H and O–H groups in total. The zero-order valence-corrected chi connectivity index (χ0v) is 13.2. The second-order valence-corrected chi connectivity index (χ2v) is 5.99. The molecule has 1 aliphatic rings. The molecule has 0 spiro atoms. The number of rotatable bonds is 3. The summed E-state index contributed by atoms with van der Waals surface area (Å²) in [6.07, 6.45) is -1.22. The molecule has 1 aliphatic heterocycles. The van der Waals surface area contributed by atoms with Crippen LogP contribution >= 0.6 is 0 Å². The van der Waals surface area contributed by atoms with Gasteiger partial charge in [-0.3, -0.25) is 9.58 Å². The highest BCUT2D eigenvalue weighted by molar-refractivity contribution is 5.47. The van der Waals surface area contributed by atoms with Crippen molar-refractivity contribution in [1.82, 2.24) is 19.7 Å². The molecule has 130 valence electrons. The molecule has 0 atom stereocenters. The van der Waals surface area contributed by atoms with Crippen LogP contribution in [-0.4, -0.2) is 26.2 Å². The maximum Gasteiger partial charge on any atom is 0.416 e. The Morgan fingerprint density at radius 3 is 2.60 bits per heavy atom. The fourth-order valence-corrected chi connectivity index (χ4v) is 2.97. The minimum absolute atomic E-state index is 0.483. The highest BCUT2D eigenvalue weighted by Crippen LogP contribution is 2.29. The van der Waals surface area contributed by atoms with Gasteiger partial charge in [-0.2, -0.15) is 18.3 Å². The van der Waals surface area contributed by atoms with E-state index in [1.807, 2.05) is 10.7 Å². The summed E-state index contributed by atoms with van der Waals surface area (Å²) in [4.78, 5) is 6.28. The molecule has 3 heterocycles. The van der Waals surface area contributed by atoms with Crippen molar-refractivity contribution in [1.29, 1.82) is 0 Å². The van der Waals surface area contributed by atoms with E-state index in [0.29, 0.717) is 24.7 Å². The van der Waals surface area contributed by atoms with Gasteiger partial charge in [0.05, 0.1) is 24.0 Å². The number of alkyl halides is 3. The molecule has 25 heavy (non-hydrogen) atoms. The van der Waals surface area contributed by atoms with Gasteiger partial charge in [-0.25, -0.2) is 4.98 Å². The van der Waals surface area contributed by atoms with Crippen molar-refractivity contribution in [3.05, 3.63) is 59.6 Å². The van der Waals surface area contributed by atoms with Crippen LogP contribution in [0.25, 0.3) is 11.6 Å².